The van der Waals surface area contributed by atoms with Gasteiger partial charge in [-0.3, -0.25) is 9.59 Å². The van der Waals surface area contributed by atoms with Gasteiger partial charge in [-0.1, -0.05) is 24.3 Å². The second kappa shape index (κ2) is 11.8. The van der Waals surface area contributed by atoms with Gasteiger partial charge < -0.3 is 41.5 Å². The third kappa shape index (κ3) is 6.67. The molecular weight excluding hydrogens is 482 g/mol. The van der Waals surface area contributed by atoms with Crippen LogP contribution in [0.1, 0.15) is 33.2 Å². The van der Waals surface area contributed by atoms with Crippen LogP contribution in [-0.2, 0) is 16.0 Å². The summed E-state index contributed by atoms with van der Waals surface area (Å²) in [5, 5.41) is 43.9. The van der Waals surface area contributed by atoms with Crippen LogP contribution in [0.3, 0.4) is 0 Å². The molecule has 8 N–H and O–H groups in total. The number of nitrogens with one attached hydrogen (secondary N) is 2. The fourth-order valence-electron chi connectivity index (χ4n) is 3.33. The van der Waals surface area contributed by atoms with Gasteiger partial charge in [0.25, 0.3) is 5.91 Å². The zero-order chi connectivity index (χ0) is 27.1. The monoisotopic (exact) mass is 509 g/mol. The number of esters is 1. The van der Waals surface area contributed by atoms with Crippen LogP contribution < -0.4 is 16.4 Å². The van der Waals surface area contributed by atoms with E-state index in [4.69, 9.17) is 10.5 Å². The number of aromatic hydroxyl groups is 4. The van der Waals surface area contributed by atoms with Crippen molar-refractivity contribution in [2.75, 3.05) is 11.9 Å². The molecule has 2 atom stereocenters. The number of ether oxygens (including phenoxy) is 1. The molecule has 11 heteroatoms. The highest BCUT2D eigenvalue weighted by atomic mass is 16.5. The highest BCUT2D eigenvalue weighted by Crippen LogP contribution is 2.29. The second-order valence-corrected chi connectivity index (χ2v) is 8.17. The number of amides is 2. The summed E-state index contributed by atoms with van der Waals surface area (Å²) in [6, 6.07) is 13.5. The summed E-state index contributed by atoms with van der Waals surface area (Å²) in [4.78, 5) is 37.0. The predicted octanol–water partition coefficient (Wildman–Crippen LogP) is 1.99. The van der Waals surface area contributed by atoms with Crippen LogP contribution in [-0.4, -0.2) is 56.9 Å². The minimum atomic E-state index is -1.22. The molecule has 3 aromatic carbocycles. The molecule has 0 aromatic heterocycles. The van der Waals surface area contributed by atoms with E-state index in [2.05, 4.69) is 10.6 Å². The van der Waals surface area contributed by atoms with Crippen LogP contribution in [0.25, 0.3) is 0 Å². The van der Waals surface area contributed by atoms with Gasteiger partial charge in [0, 0.05) is 12.2 Å². The Bertz CT molecular complexity index is 1290. The fourth-order valence-corrected chi connectivity index (χ4v) is 3.33. The van der Waals surface area contributed by atoms with Gasteiger partial charge in [0.15, 0.2) is 23.0 Å². The summed E-state index contributed by atoms with van der Waals surface area (Å²) in [6.45, 7) is 1.69. The summed E-state index contributed by atoms with van der Waals surface area (Å²) < 4.78 is 5.16. The molecule has 3 rings (SSSR count). The molecule has 0 spiro atoms. The zero-order valence-corrected chi connectivity index (χ0v) is 19.8. The van der Waals surface area contributed by atoms with Gasteiger partial charge in [0.05, 0.1) is 5.56 Å². The summed E-state index contributed by atoms with van der Waals surface area (Å²) in [5.41, 5.74) is 6.93. The first kappa shape index (κ1) is 26.8. The van der Waals surface area contributed by atoms with Crippen molar-refractivity contribution in [1.29, 1.82) is 0 Å². The standard InChI is InChI=1S/C26H27N3O8/c1-14(37-26(36)18-5-3-7-20(31)23(18)33)21(27)25(35)29-16-10-8-15(9-11-16)12-13-28-24(34)17-4-2-6-19(30)22(17)32/h2-11,14,21,30-33H,12-13,27H2,1H3,(H,28,34)(H,29,35)/t14-,21+/m1/s1. The number of phenols is 4. The van der Waals surface area contributed by atoms with Gasteiger partial charge in [-0.25, -0.2) is 4.79 Å². The van der Waals surface area contributed by atoms with E-state index in [0.29, 0.717) is 12.1 Å². The van der Waals surface area contributed by atoms with Gasteiger partial charge in [0.1, 0.15) is 17.7 Å². The molecule has 0 aliphatic carbocycles. The van der Waals surface area contributed by atoms with E-state index in [9.17, 15) is 34.8 Å². The molecule has 3 aromatic rings. The normalized spacial score (nSPS) is 12.3. The molecule has 0 aliphatic heterocycles. The van der Waals surface area contributed by atoms with Crippen molar-refractivity contribution in [2.24, 2.45) is 5.73 Å². The molecule has 0 saturated carbocycles. The molecular formula is C26H27N3O8. The molecule has 11 nitrogen and oxygen atoms in total. The minimum Gasteiger partial charge on any atom is -0.504 e. The van der Waals surface area contributed by atoms with E-state index in [0.717, 1.165) is 5.56 Å². The highest BCUT2D eigenvalue weighted by Gasteiger charge is 2.26. The summed E-state index contributed by atoms with van der Waals surface area (Å²) in [6.07, 6.45) is -0.573. The van der Waals surface area contributed by atoms with Crippen LogP contribution in [0, 0.1) is 0 Å². The highest BCUT2D eigenvalue weighted by molar-refractivity contribution is 5.98. The first-order chi connectivity index (χ1) is 17.6. The Morgan fingerprint density at radius 3 is 2.05 bits per heavy atom. The average molecular weight is 510 g/mol. The van der Waals surface area contributed by atoms with Crippen molar-refractivity contribution in [3.8, 4) is 23.0 Å². The van der Waals surface area contributed by atoms with Crippen molar-refractivity contribution in [2.45, 2.75) is 25.5 Å². The van der Waals surface area contributed by atoms with E-state index in [1.54, 1.807) is 24.3 Å². The topological polar surface area (TPSA) is 191 Å². The Hall–Kier alpha value is -4.77. The molecule has 0 bridgehead atoms. The Kier molecular flexibility index (Phi) is 8.54. The zero-order valence-electron chi connectivity index (χ0n) is 19.8. The van der Waals surface area contributed by atoms with Crippen LogP contribution >= 0.6 is 0 Å². The van der Waals surface area contributed by atoms with Crippen LogP contribution in [0.4, 0.5) is 5.69 Å². The fraction of sp³-hybridized carbons (Fsp3) is 0.192. The number of carbonyl (C=O) groups excluding carboxylic acids is 3. The Labute approximate surface area is 212 Å². The average Bonchev–Trinajstić information content (AvgIpc) is 2.87. The molecule has 194 valence electrons. The quantitative estimate of drug-likeness (QED) is 0.167. The molecule has 0 radical (unpaired) electrons. The summed E-state index contributed by atoms with van der Waals surface area (Å²) >= 11 is 0. The first-order valence-corrected chi connectivity index (χ1v) is 11.2. The van der Waals surface area contributed by atoms with E-state index in [1.165, 1.54) is 43.3 Å². The van der Waals surface area contributed by atoms with Crippen molar-refractivity contribution in [3.05, 3.63) is 77.4 Å². The van der Waals surface area contributed by atoms with E-state index < -0.39 is 47.2 Å². The maximum atomic E-state index is 12.5. The molecule has 0 unspecified atom stereocenters. The number of phenolic OH excluding ortho intramolecular Hbond substituents is 4. The lowest BCUT2D eigenvalue weighted by Crippen LogP contribution is -2.45. The number of nitrogens with two attached hydrogens (primary N) is 1. The minimum absolute atomic E-state index is 0.0342. The Morgan fingerprint density at radius 1 is 0.865 bits per heavy atom. The lowest BCUT2D eigenvalue weighted by Gasteiger charge is -2.20. The van der Waals surface area contributed by atoms with Crippen LogP contribution in [0.2, 0.25) is 0 Å². The third-order valence-electron chi connectivity index (χ3n) is 5.52. The van der Waals surface area contributed by atoms with Crippen LogP contribution in [0.15, 0.2) is 60.7 Å². The van der Waals surface area contributed by atoms with E-state index in [-0.39, 0.29) is 23.4 Å². The smallest absolute Gasteiger partial charge is 0.342 e. The van der Waals surface area contributed by atoms with E-state index >= 15 is 0 Å². The van der Waals surface area contributed by atoms with E-state index in [1.807, 2.05) is 0 Å². The number of para-hydroxylation sites is 2. The van der Waals surface area contributed by atoms with Gasteiger partial charge in [-0.05, 0) is 55.3 Å². The first-order valence-electron chi connectivity index (χ1n) is 11.2. The lowest BCUT2D eigenvalue weighted by atomic mass is 10.1. The van der Waals surface area contributed by atoms with Gasteiger partial charge in [-0.2, -0.15) is 0 Å². The summed E-state index contributed by atoms with van der Waals surface area (Å²) in [7, 11) is 0. The number of rotatable bonds is 9. The van der Waals surface area contributed by atoms with Crippen molar-refractivity contribution in [3.63, 3.8) is 0 Å². The Balaban J connectivity index is 1.49. The molecule has 2 amide bonds. The van der Waals surface area contributed by atoms with Gasteiger partial charge in [-0.15, -0.1) is 0 Å². The van der Waals surface area contributed by atoms with Crippen molar-refractivity contribution >= 4 is 23.5 Å². The van der Waals surface area contributed by atoms with Crippen LogP contribution in [0.5, 0.6) is 23.0 Å². The number of hydrogen-bond acceptors (Lipinski definition) is 9. The number of carbonyl (C=O) groups is 3. The molecule has 0 aliphatic rings. The maximum Gasteiger partial charge on any atom is 0.342 e. The van der Waals surface area contributed by atoms with Crippen molar-refractivity contribution < 1.29 is 39.5 Å². The second-order valence-electron chi connectivity index (χ2n) is 8.17. The summed E-state index contributed by atoms with van der Waals surface area (Å²) in [5.74, 6) is -4.06. The third-order valence-corrected chi connectivity index (χ3v) is 5.52. The molecule has 37 heavy (non-hydrogen) atoms. The SMILES string of the molecule is C[C@@H](OC(=O)c1cccc(O)c1O)[C@H](N)C(=O)Nc1ccc(CCNC(=O)c2cccc(O)c2O)cc1. The molecule has 0 fully saturated rings. The van der Waals surface area contributed by atoms with Crippen molar-refractivity contribution in [1.82, 2.24) is 5.32 Å². The van der Waals surface area contributed by atoms with Gasteiger partial charge in [0.2, 0.25) is 5.91 Å². The Morgan fingerprint density at radius 2 is 1.43 bits per heavy atom. The largest absolute Gasteiger partial charge is 0.504 e. The number of anilines is 1. The molecule has 0 saturated heterocycles. The maximum absolute atomic E-state index is 12.5. The number of benzene rings is 3. The predicted molar refractivity (Wildman–Crippen MR) is 134 cm³/mol. The molecule has 0 heterocycles. The number of hydrogen-bond donors (Lipinski definition) is 7. The van der Waals surface area contributed by atoms with Gasteiger partial charge >= 0.3 is 5.97 Å². The lowest BCUT2D eigenvalue weighted by molar-refractivity contribution is -0.119.